The van der Waals surface area contributed by atoms with Gasteiger partial charge in [-0.1, -0.05) is 11.3 Å². The Labute approximate surface area is 119 Å². The Morgan fingerprint density at radius 3 is 2.90 bits per heavy atom. The largest absolute Gasteiger partial charge is 0.496 e. The van der Waals surface area contributed by atoms with E-state index >= 15 is 0 Å². The van der Waals surface area contributed by atoms with Gasteiger partial charge >= 0.3 is 0 Å². The van der Waals surface area contributed by atoms with Gasteiger partial charge in [-0.25, -0.2) is 5.10 Å². The van der Waals surface area contributed by atoms with Crippen LogP contribution in [0.1, 0.15) is 5.69 Å². The van der Waals surface area contributed by atoms with Crippen LogP contribution in [0.3, 0.4) is 0 Å². The standard InChI is InChI=1S/C14H10N4OS/c1-19-13-3-2-9(10-4-5-20-8-10)6-11(13)14-12(7-15)16-18-17-14/h2-6,8H,1H3,(H,16,17,18). The van der Waals surface area contributed by atoms with Crippen LogP contribution in [0.25, 0.3) is 22.4 Å². The Kier molecular flexibility index (Phi) is 3.19. The van der Waals surface area contributed by atoms with E-state index in [1.807, 2.05) is 35.7 Å². The Balaban J connectivity index is 2.18. The minimum absolute atomic E-state index is 0.325. The molecule has 2 heterocycles. The molecule has 0 amide bonds. The number of aromatic amines is 1. The van der Waals surface area contributed by atoms with Crippen molar-refractivity contribution in [2.45, 2.75) is 0 Å². The average Bonchev–Trinajstić information content (AvgIpc) is 3.17. The molecule has 0 aliphatic carbocycles. The fraction of sp³-hybridized carbons (Fsp3) is 0.0714. The molecule has 1 aromatic carbocycles. The van der Waals surface area contributed by atoms with Crippen LogP contribution < -0.4 is 4.74 Å². The summed E-state index contributed by atoms with van der Waals surface area (Å²) in [6.07, 6.45) is 0. The van der Waals surface area contributed by atoms with Gasteiger partial charge in [0, 0.05) is 5.56 Å². The zero-order chi connectivity index (χ0) is 13.9. The molecule has 0 aliphatic heterocycles. The summed E-state index contributed by atoms with van der Waals surface area (Å²) in [7, 11) is 1.59. The van der Waals surface area contributed by atoms with E-state index in [0.29, 0.717) is 17.1 Å². The van der Waals surface area contributed by atoms with Gasteiger partial charge in [0.2, 0.25) is 0 Å². The van der Waals surface area contributed by atoms with Crippen LogP contribution in [0.15, 0.2) is 35.0 Å². The van der Waals surface area contributed by atoms with Gasteiger partial charge < -0.3 is 4.74 Å². The van der Waals surface area contributed by atoms with Crippen LogP contribution in [0.2, 0.25) is 0 Å². The van der Waals surface area contributed by atoms with Crippen LogP contribution in [-0.2, 0) is 0 Å². The first-order chi connectivity index (χ1) is 9.83. The third kappa shape index (κ3) is 2.04. The summed E-state index contributed by atoms with van der Waals surface area (Å²) < 4.78 is 5.35. The zero-order valence-electron chi connectivity index (χ0n) is 10.6. The van der Waals surface area contributed by atoms with Crippen LogP contribution in [0, 0.1) is 11.3 Å². The predicted octanol–water partition coefficient (Wildman–Crippen LogP) is 3.08. The van der Waals surface area contributed by atoms with Gasteiger partial charge in [0.25, 0.3) is 0 Å². The number of methoxy groups -OCH3 is 1. The highest BCUT2D eigenvalue weighted by Crippen LogP contribution is 2.34. The van der Waals surface area contributed by atoms with Gasteiger partial charge in [0.05, 0.1) is 7.11 Å². The number of nitrogens with zero attached hydrogens (tertiary/aromatic N) is 3. The minimum atomic E-state index is 0.325. The number of nitriles is 1. The third-order valence-electron chi connectivity index (χ3n) is 2.97. The first-order valence-electron chi connectivity index (χ1n) is 5.85. The van der Waals surface area contributed by atoms with E-state index in [1.165, 1.54) is 0 Å². The maximum absolute atomic E-state index is 9.09. The second-order valence-corrected chi connectivity index (χ2v) is 4.85. The Morgan fingerprint density at radius 1 is 1.30 bits per heavy atom. The number of benzene rings is 1. The summed E-state index contributed by atoms with van der Waals surface area (Å²) in [5, 5.41) is 23.4. The van der Waals surface area contributed by atoms with Crippen molar-refractivity contribution in [3.05, 3.63) is 40.7 Å². The highest BCUT2D eigenvalue weighted by atomic mass is 32.1. The molecule has 0 aliphatic rings. The van der Waals surface area contributed by atoms with Crippen molar-refractivity contribution in [3.8, 4) is 34.2 Å². The lowest BCUT2D eigenvalue weighted by Gasteiger charge is -2.08. The molecule has 0 saturated carbocycles. The molecule has 0 spiro atoms. The number of H-pyrrole nitrogens is 1. The first kappa shape index (κ1) is 12.4. The number of rotatable bonds is 3. The Hall–Kier alpha value is -2.65. The van der Waals surface area contributed by atoms with Crippen molar-refractivity contribution < 1.29 is 4.74 Å². The monoisotopic (exact) mass is 282 g/mol. The molecule has 0 unspecified atom stereocenters. The van der Waals surface area contributed by atoms with E-state index in [2.05, 4.69) is 20.8 Å². The van der Waals surface area contributed by atoms with Gasteiger partial charge in [-0.05, 0) is 40.1 Å². The lowest BCUT2D eigenvalue weighted by Crippen LogP contribution is -1.91. The first-order valence-corrected chi connectivity index (χ1v) is 6.80. The second kappa shape index (κ2) is 5.15. The van der Waals surface area contributed by atoms with E-state index in [1.54, 1.807) is 18.4 Å². The summed E-state index contributed by atoms with van der Waals surface area (Å²) in [4.78, 5) is 0. The van der Waals surface area contributed by atoms with Crippen molar-refractivity contribution in [2.75, 3.05) is 7.11 Å². The molecule has 3 rings (SSSR count). The number of thiophene rings is 1. The Bertz CT molecular complexity index is 771. The summed E-state index contributed by atoms with van der Waals surface area (Å²) in [5.74, 6) is 0.661. The molecular formula is C14H10N4OS. The predicted molar refractivity (Wildman–Crippen MR) is 76.4 cm³/mol. The van der Waals surface area contributed by atoms with E-state index < -0.39 is 0 Å². The van der Waals surface area contributed by atoms with Crippen molar-refractivity contribution in [1.82, 2.24) is 15.4 Å². The smallest absolute Gasteiger partial charge is 0.163 e. The molecule has 6 heteroatoms. The number of hydrogen-bond donors (Lipinski definition) is 1. The fourth-order valence-corrected chi connectivity index (χ4v) is 2.66. The van der Waals surface area contributed by atoms with Gasteiger partial charge in [-0.2, -0.15) is 16.6 Å². The average molecular weight is 282 g/mol. The maximum atomic E-state index is 9.09. The van der Waals surface area contributed by atoms with Gasteiger partial charge in [0.1, 0.15) is 17.5 Å². The molecule has 2 aromatic heterocycles. The molecule has 20 heavy (non-hydrogen) atoms. The molecule has 98 valence electrons. The van der Waals surface area contributed by atoms with Crippen molar-refractivity contribution in [1.29, 1.82) is 5.26 Å². The molecule has 0 fully saturated rings. The molecule has 5 nitrogen and oxygen atoms in total. The van der Waals surface area contributed by atoms with E-state index in [0.717, 1.165) is 16.7 Å². The highest BCUT2D eigenvalue weighted by molar-refractivity contribution is 7.08. The molecule has 3 aromatic rings. The number of aromatic nitrogens is 3. The molecule has 1 N–H and O–H groups in total. The third-order valence-corrected chi connectivity index (χ3v) is 3.65. The summed E-state index contributed by atoms with van der Waals surface area (Å²) in [6, 6.07) is 9.91. The van der Waals surface area contributed by atoms with Crippen molar-refractivity contribution in [3.63, 3.8) is 0 Å². The lowest BCUT2D eigenvalue weighted by molar-refractivity contribution is 0.416. The summed E-state index contributed by atoms with van der Waals surface area (Å²) in [5.41, 5.74) is 3.75. The quantitative estimate of drug-likeness (QED) is 0.801. The number of hydrogen-bond acceptors (Lipinski definition) is 5. The topological polar surface area (TPSA) is 74.6 Å². The van der Waals surface area contributed by atoms with Crippen molar-refractivity contribution >= 4 is 11.3 Å². The lowest BCUT2D eigenvalue weighted by atomic mass is 10.0. The van der Waals surface area contributed by atoms with Crippen LogP contribution in [0.4, 0.5) is 0 Å². The van der Waals surface area contributed by atoms with Crippen LogP contribution in [-0.4, -0.2) is 22.5 Å². The van der Waals surface area contributed by atoms with Crippen LogP contribution >= 0.6 is 11.3 Å². The SMILES string of the molecule is COc1ccc(-c2ccsc2)cc1-c1nn[nH]c1C#N. The normalized spacial score (nSPS) is 10.2. The van der Waals surface area contributed by atoms with Gasteiger partial charge in [0.15, 0.2) is 5.69 Å². The van der Waals surface area contributed by atoms with Gasteiger partial charge in [-0.3, -0.25) is 0 Å². The highest BCUT2D eigenvalue weighted by Gasteiger charge is 2.15. The molecule has 0 atom stereocenters. The van der Waals surface area contributed by atoms with E-state index in [-0.39, 0.29) is 0 Å². The molecular weight excluding hydrogens is 272 g/mol. The number of nitrogens with one attached hydrogen (secondary N) is 1. The molecule has 0 radical (unpaired) electrons. The number of ether oxygens (including phenoxy) is 1. The summed E-state index contributed by atoms with van der Waals surface area (Å²) in [6.45, 7) is 0. The van der Waals surface area contributed by atoms with Crippen molar-refractivity contribution in [2.24, 2.45) is 0 Å². The zero-order valence-corrected chi connectivity index (χ0v) is 11.4. The minimum Gasteiger partial charge on any atom is -0.496 e. The van der Waals surface area contributed by atoms with E-state index in [9.17, 15) is 0 Å². The summed E-state index contributed by atoms with van der Waals surface area (Å²) >= 11 is 1.64. The molecule has 0 saturated heterocycles. The fourth-order valence-electron chi connectivity index (χ4n) is 2.00. The van der Waals surface area contributed by atoms with Gasteiger partial charge in [-0.15, -0.1) is 5.10 Å². The molecule has 0 bridgehead atoms. The van der Waals surface area contributed by atoms with E-state index in [4.69, 9.17) is 10.00 Å². The maximum Gasteiger partial charge on any atom is 0.163 e. The second-order valence-electron chi connectivity index (χ2n) is 4.07. The van der Waals surface area contributed by atoms with Crippen LogP contribution in [0.5, 0.6) is 5.75 Å². The Morgan fingerprint density at radius 2 is 2.20 bits per heavy atom.